The van der Waals surface area contributed by atoms with E-state index in [0.717, 1.165) is 13.0 Å². The molecule has 0 bridgehead atoms. The van der Waals surface area contributed by atoms with E-state index in [0.29, 0.717) is 26.1 Å². The van der Waals surface area contributed by atoms with Crippen LogP contribution in [0.15, 0.2) is 0 Å². The average molecular weight is 188 g/mol. The van der Waals surface area contributed by atoms with E-state index in [1.54, 1.807) is 12.0 Å². The Morgan fingerprint density at radius 2 is 2.15 bits per heavy atom. The molecule has 0 aliphatic rings. The molecule has 0 aliphatic carbocycles. The molecule has 1 amide bonds. The summed E-state index contributed by atoms with van der Waals surface area (Å²) in [5.41, 5.74) is 5.40. The number of nitrogens with zero attached hydrogens (tertiary/aromatic N) is 1. The van der Waals surface area contributed by atoms with Crippen LogP contribution in [0.1, 0.15) is 19.8 Å². The predicted molar refractivity (Wildman–Crippen MR) is 52.4 cm³/mol. The first-order chi connectivity index (χ1) is 6.26. The minimum absolute atomic E-state index is 0.133. The van der Waals surface area contributed by atoms with Crippen molar-refractivity contribution in [3.8, 4) is 0 Å². The highest BCUT2D eigenvalue weighted by atomic mass is 16.5. The molecule has 4 heteroatoms. The maximum absolute atomic E-state index is 11.5. The Morgan fingerprint density at radius 1 is 1.46 bits per heavy atom. The van der Waals surface area contributed by atoms with E-state index in [2.05, 4.69) is 0 Å². The molecule has 78 valence electrons. The normalized spacial score (nSPS) is 10.1. The summed E-state index contributed by atoms with van der Waals surface area (Å²) in [6.45, 7) is 4.51. The molecule has 0 heterocycles. The zero-order chi connectivity index (χ0) is 10.1. The molecule has 0 radical (unpaired) electrons. The van der Waals surface area contributed by atoms with Crippen molar-refractivity contribution < 1.29 is 9.53 Å². The number of ether oxygens (including phenoxy) is 1. The van der Waals surface area contributed by atoms with Crippen LogP contribution in [-0.2, 0) is 9.53 Å². The third kappa shape index (κ3) is 5.60. The first-order valence-corrected chi connectivity index (χ1v) is 4.73. The van der Waals surface area contributed by atoms with Gasteiger partial charge in [0.15, 0.2) is 0 Å². The zero-order valence-corrected chi connectivity index (χ0v) is 8.58. The van der Waals surface area contributed by atoms with Crippen LogP contribution in [0, 0.1) is 0 Å². The van der Waals surface area contributed by atoms with Gasteiger partial charge < -0.3 is 15.4 Å². The molecule has 0 rings (SSSR count). The zero-order valence-electron chi connectivity index (χ0n) is 8.58. The fourth-order valence-corrected chi connectivity index (χ4v) is 1.13. The lowest BCUT2D eigenvalue weighted by molar-refractivity contribution is -0.132. The van der Waals surface area contributed by atoms with Gasteiger partial charge in [-0.05, 0) is 6.42 Å². The van der Waals surface area contributed by atoms with Gasteiger partial charge in [0.05, 0.1) is 13.0 Å². The van der Waals surface area contributed by atoms with Crippen LogP contribution >= 0.6 is 0 Å². The molecule has 0 aromatic heterocycles. The van der Waals surface area contributed by atoms with Crippen LogP contribution in [0.2, 0.25) is 0 Å². The SMILES string of the molecule is CCCN(CCN)C(=O)CCOC. The van der Waals surface area contributed by atoms with Gasteiger partial charge in [0, 0.05) is 26.7 Å². The van der Waals surface area contributed by atoms with E-state index in [1.165, 1.54) is 0 Å². The molecule has 0 atom stereocenters. The number of hydrogen-bond donors (Lipinski definition) is 1. The van der Waals surface area contributed by atoms with Crippen LogP contribution in [0.25, 0.3) is 0 Å². The maximum atomic E-state index is 11.5. The topological polar surface area (TPSA) is 55.6 Å². The van der Waals surface area contributed by atoms with Crippen LogP contribution in [-0.4, -0.2) is 44.2 Å². The number of hydrogen-bond acceptors (Lipinski definition) is 3. The molecule has 0 aromatic rings. The van der Waals surface area contributed by atoms with Gasteiger partial charge in [0.1, 0.15) is 0 Å². The highest BCUT2D eigenvalue weighted by Crippen LogP contribution is 1.95. The monoisotopic (exact) mass is 188 g/mol. The van der Waals surface area contributed by atoms with Crippen molar-refractivity contribution in [1.82, 2.24) is 4.90 Å². The Bertz CT molecular complexity index is 134. The van der Waals surface area contributed by atoms with Gasteiger partial charge in [-0.3, -0.25) is 4.79 Å². The summed E-state index contributed by atoms with van der Waals surface area (Å²) in [6, 6.07) is 0. The second-order valence-electron chi connectivity index (χ2n) is 2.91. The molecule has 0 saturated heterocycles. The highest BCUT2D eigenvalue weighted by molar-refractivity contribution is 5.76. The Hall–Kier alpha value is -0.610. The summed E-state index contributed by atoms with van der Waals surface area (Å²) in [5.74, 6) is 0.133. The summed E-state index contributed by atoms with van der Waals surface area (Å²) < 4.78 is 4.84. The van der Waals surface area contributed by atoms with E-state index >= 15 is 0 Å². The van der Waals surface area contributed by atoms with Gasteiger partial charge in [0.2, 0.25) is 5.91 Å². The Morgan fingerprint density at radius 3 is 2.62 bits per heavy atom. The fraction of sp³-hybridized carbons (Fsp3) is 0.889. The molecule has 0 saturated carbocycles. The molecule has 4 nitrogen and oxygen atoms in total. The Balaban J connectivity index is 3.80. The number of carbonyl (C=O) groups is 1. The quantitative estimate of drug-likeness (QED) is 0.622. The molecule has 13 heavy (non-hydrogen) atoms. The third-order valence-electron chi connectivity index (χ3n) is 1.77. The van der Waals surface area contributed by atoms with Gasteiger partial charge >= 0.3 is 0 Å². The van der Waals surface area contributed by atoms with E-state index in [1.807, 2.05) is 6.92 Å². The largest absolute Gasteiger partial charge is 0.384 e. The van der Waals surface area contributed by atoms with Crippen LogP contribution in [0.3, 0.4) is 0 Å². The lowest BCUT2D eigenvalue weighted by Gasteiger charge is -2.20. The summed E-state index contributed by atoms with van der Waals surface area (Å²) >= 11 is 0. The molecular formula is C9H20N2O2. The average Bonchev–Trinajstić information content (AvgIpc) is 2.14. The van der Waals surface area contributed by atoms with Crippen LogP contribution < -0.4 is 5.73 Å². The van der Waals surface area contributed by atoms with Gasteiger partial charge in [-0.25, -0.2) is 0 Å². The van der Waals surface area contributed by atoms with Crippen molar-refractivity contribution in [3.63, 3.8) is 0 Å². The minimum atomic E-state index is 0.133. The van der Waals surface area contributed by atoms with Crippen molar-refractivity contribution in [3.05, 3.63) is 0 Å². The second-order valence-corrected chi connectivity index (χ2v) is 2.91. The van der Waals surface area contributed by atoms with Crippen LogP contribution in [0.4, 0.5) is 0 Å². The first-order valence-electron chi connectivity index (χ1n) is 4.73. The van der Waals surface area contributed by atoms with E-state index in [9.17, 15) is 4.79 Å². The van der Waals surface area contributed by atoms with Gasteiger partial charge in [0.25, 0.3) is 0 Å². The van der Waals surface area contributed by atoms with Crippen molar-refractivity contribution in [2.24, 2.45) is 5.73 Å². The molecule has 0 aromatic carbocycles. The lowest BCUT2D eigenvalue weighted by Crippen LogP contribution is -2.36. The molecule has 0 unspecified atom stereocenters. The molecule has 0 fully saturated rings. The molecule has 0 aliphatic heterocycles. The number of amides is 1. The van der Waals surface area contributed by atoms with Crippen LogP contribution in [0.5, 0.6) is 0 Å². The smallest absolute Gasteiger partial charge is 0.224 e. The lowest BCUT2D eigenvalue weighted by atomic mass is 10.3. The second kappa shape index (κ2) is 8.01. The maximum Gasteiger partial charge on any atom is 0.224 e. The first kappa shape index (κ1) is 12.4. The Kier molecular flexibility index (Phi) is 7.63. The standard InChI is InChI=1S/C9H20N2O2/c1-3-6-11(7-5-10)9(12)4-8-13-2/h3-8,10H2,1-2H3. The summed E-state index contributed by atoms with van der Waals surface area (Å²) in [7, 11) is 1.60. The molecular weight excluding hydrogens is 168 g/mol. The number of methoxy groups -OCH3 is 1. The van der Waals surface area contributed by atoms with Crippen molar-refractivity contribution >= 4 is 5.91 Å². The number of carbonyl (C=O) groups excluding carboxylic acids is 1. The number of rotatable bonds is 7. The fourth-order valence-electron chi connectivity index (χ4n) is 1.13. The highest BCUT2D eigenvalue weighted by Gasteiger charge is 2.10. The van der Waals surface area contributed by atoms with Gasteiger partial charge in [-0.2, -0.15) is 0 Å². The van der Waals surface area contributed by atoms with Crippen molar-refractivity contribution in [2.45, 2.75) is 19.8 Å². The summed E-state index contributed by atoms with van der Waals surface area (Å²) in [5, 5.41) is 0. The third-order valence-corrected chi connectivity index (χ3v) is 1.77. The Labute approximate surface area is 80.0 Å². The summed E-state index contributed by atoms with van der Waals surface area (Å²) in [4.78, 5) is 13.3. The van der Waals surface area contributed by atoms with Gasteiger partial charge in [-0.15, -0.1) is 0 Å². The number of nitrogens with two attached hydrogens (primary N) is 1. The van der Waals surface area contributed by atoms with Gasteiger partial charge in [-0.1, -0.05) is 6.92 Å². The van der Waals surface area contributed by atoms with E-state index in [-0.39, 0.29) is 5.91 Å². The van der Waals surface area contributed by atoms with E-state index in [4.69, 9.17) is 10.5 Å². The minimum Gasteiger partial charge on any atom is -0.384 e. The summed E-state index contributed by atoms with van der Waals surface area (Å²) in [6.07, 6.45) is 1.43. The van der Waals surface area contributed by atoms with E-state index < -0.39 is 0 Å². The van der Waals surface area contributed by atoms with Crippen molar-refractivity contribution in [1.29, 1.82) is 0 Å². The predicted octanol–water partition coefficient (Wildman–Crippen LogP) is 0.220. The van der Waals surface area contributed by atoms with Crippen molar-refractivity contribution in [2.75, 3.05) is 33.4 Å². The molecule has 0 spiro atoms. The molecule has 2 N–H and O–H groups in total.